The molecule has 3 N–H and O–H groups in total. The van der Waals surface area contributed by atoms with E-state index in [1.165, 1.54) is 17.4 Å². The van der Waals surface area contributed by atoms with Gasteiger partial charge in [0.1, 0.15) is 24.0 Å². The number of benzene rings is 1. The maximum absolute atomic E-state index is 14.3. The molecule has 1 aliphatic heterocycles. The summed E-state index contributed by atoms with van der Waals surface area (Å²) in [6.07, 6.45) is -3.05. The fourth-order valence-corrected chi connectivity index (χ4v) is 3.19. The van der Waals surface area contributed by atoms with Crippen molar-refractivity contribution in [3.05, 3.63) is 45.7 Å². The van der Waals surface area contributed by atoms with Gasteiger partial charge in [-0.2, -0.15) is 0 Å². The third kappa shape index (κ3) is 4.23. The fourth-order valence-electron chi connectivity index (χ4n) is 2.60. The first kappa shape index (κ1) is 21.1. The Hall–Kier alpha value is -2.17. The highest BCUT2D eigenvalue weighted by atomic mass is 35.5. The maximum Gasteiger partial charge on any atom is 0.275 e. The molecule has 0 saturated heterocycles. The van der Waals surface area contributed by atoms with Gasteiger partial charge < -0.3 is 15.8 Å². The van der Waals surface area contributed by atoms with Crippen LogP contribution in [0.3, 0.4) is 0 Å². The molecule has 1 aromatic heterocycles. The number of amidine groups is 1. The molecule has 3 rings (SSSR count). The van der Waals surface area contributed by atoms with Gasteiger partial charge in [-0.1, -0.05) is 0 Å². The van der Waals surface area contributed by atoms with Crippen molar-refractivity contribution < 1.29 is 22.7 Å². The third-order valence-corrected chi connectivity index (χ3v) is 4.59. The SMILES string of the molecule is Cc1nc(C(=O)Nc2ccc(F)c([C@]3(C(F)F)COCC(N)=N3)c2)cs1.Cl. The molecule has 146 valence electrons. The Bertz CT molecular complexity index is 877. The van der Waals surface area contributed by atoms with Crippen molar-refractivity contribution in [2.24, 2.45) is 10.7 Å². The molecular formula is C16H16ClF3N4O2S. The van der Waals surface area contributed by atoms with Crippen LogP contribution in [0.25, 0.3) is 0 Å². The molecule has 1 aliphatic rings. The predicted octanol–water partition coefficient (Wildman–Crippen LogP) is 3.11. The number of nitrogens with zero attached hydrogens (tertiary/aromatic N) is 2. The number of amides is 1. The summed E-state index contributed by atoms with van der Waals surface area (Å²) in [6.45, 7) is 1.12. The summed E-state index contributed by atoms with van der Waals surface area (Å²) in [5.74, 6) is -1.57. The van der Waals surface area contributed by atoms with E-state index in [4.69, 9.17) is 10.5 Å². The molecule has 0 aliphatic carbocycles. The zero-order valence-corrected chi connectivity index (χ0v) is 15.7. The number of rotatable bonds is 4. The summed E-state index contributed by atoms with van der Waals surface area (Å²) in [5, 5.41) is 4.79. The lowest BCUT2D eigenvalue weighted by Crippen LogP contribution is -2.45. The number of carbonyl (C=O) groups is 1. The normalized spacial score (nSPS) is 19.4. The average Bonchev–Trinajstić information content (AvgIpc) is 3.03. The monoisotopic (exact) mass is 420 g/mol. The van der Waals surface area contributed by atoms with Crippen molar-refractivity contribution in [2.45, 2.75) is 18.9 Å². The second-order valence-corrected chi connectivity index (χ2v) is 6.78. The molecule has 27 heavy (non-hydrogen) atoms. The largest absolute Gasteiger partial charge is 0.385 e. The van der Waals surface area contributed by atoms with Gasteiger partial charge in [-0.05, 0) is 25.1 Å². The van der Waals surface area contributed by atoms with Gasteiger partial charge in [0, 0.05) is 16.6 Å². The summed E-state index contributed by atoms with van der Waals surface area (Å²) in [5.41, 5.74) is 3.19. The van der Waals surface area contributed by atoms with Gasteiger partial charge in [-0.15, -0.1) is 23.7 Å². The van der Waals surface area contributed by atoms with Gasteiger partial charge >= 0.3 is 0 Å². The van der Waals surface area contributed by atoms with Crippen LogP contribution in [0.2, 0.25) is 0 Å². The Labute approximate surface area is 163 Å². The highest BCUT2D eigenvalue weighted by Gasteiger charge is 2.46. The first-order valence-corrected chi connectivity index (χ1v) is 8.43. The Morgan fingerprint density at radius 1 is 1.44 bits per heavy atom. The number of aromatic nitrogens is 1. The molecular weight excluding hydrogens is 405 g/mol. The van der Waals surface area contributed by atoms with Crippen LogP contribution in [0.4, 0.5) is 18.9 Å². The topological polar surface area (TPSA) is 89.6 Å². The Kier molecular flexibility index (Phi) is 6.45. The van der Waals surface area contributed by atoms with E-state index in [2.05, 4.69) is 15.3 Å². The standard InChI is InChI=1S/C16H15F3N4O2S.ClH/c1-8-21-12(6-26-8)14(24)22-9-2-3-11(17)10(4-9)16(15(18)19)7-25-5-13(20)23-16;/h2-4,6,15H,5,7H2,1H3,(H2,20,23)(H,22,24);1H/t16-;/m0./s1. The number of ether oxygens (including phenoxy) is 1. The summed E-state index contributed by atoms with van der Waals surface area (Å²) < 4.78 is 46.9. The lowest BCUT2D eigenvalue weighted by Gasteiger charge is -2.33. The number of hydrogen-bond acceptors (Lipinski definition) is 6. The third-order valence-electron chi connectivity index (χ3n) is 3.82. The predicted molar refractivity (Wildman–Crippen MR) is 98.6 cm³/mol. The molecule has 0 saturated carbocycles. The van der Waals surface area contributed by atoms with Crippen molar-refractivity contribution in [1.29, 1.82) is 0 Å². The van der Waals surface area contributed by atoms with E-state index in [1.807, 2.05) is 0 Å². The molecule has 1 amide bonds. The second-order valence-electron chi connectivity index (χ2n) is 5.72. The highest BCUT2D eigenvalue weighted by molar-refractivity contribution is 7.09. The fraction of sp³-hybridized carbons (Fsp3) is 0.312. The van der Waals surface area contributed by atoms with Gasteiger partial charge in [0.05, 0.1) is 11.6 Å². The van der Waals surface area contributed by atoms with E-state index in [-0.39, 0.29) is 36.2 Å². The van der Waals surface area contributed by atoms with E-state index in [0.717, 1.165) is 12.1 Å². The second kappa shape index (κ2) is 8.24. The quantitative estimate of drug-likeness (QED) is 0.795. The first-order valence-electron chi connectivity index (χ1n) is 7.55. The minimum absolute atomic E-state index is 0. The van der Waals surface area contributed by atoms with Crippen molar-refractivity contribution in [3.63, 3.8) is 0 Å². The summed E-state index contributed by atoms with van der Waals surface area (Å²) in [4.78, 5) is 20.0. The van der Waals surface area contributed by atoms with Gasteiger partial charge in [0.25, 0.3) is 12.3 Å². The zero-order valence-electron chi connectivity index (χ0n) is 14.0. The number of nitrogens with two attached hydrogens (primary N) is 1. The number of nitrogens with one attached hydrogen (secondary N) is 1. The minimum atomic E-state index is -3.05. The van der Waals surface area contributed by atoms with E-state index in [0.29, 0.717) is 5.01 Å². The molecule has 0 unspecified atom stereocenters. The molecule has 11 heteroatoms. The van der Waals surface area contributed by atoms with E-state index in [9.17, 15) is 18.0 Å². The Morgan fingerprint density at radius 3 is 2.78 bits per heavy atom. The van der Waals surface area contributed by atoms with Crippen molar-refractivity contribution in [2.75, 3.05) is 18.5 Å². The lowest BCUT2D eigenvalue weighted by atomic mass is 9.90. The number of anilines is 1. The number of aryl methyl sites for hydroxylation is 1. The molecule has 0 bridgehead atoms. The molecule has 0 spiro atoms. The van der Waals surface area contributed by atoms with Crippen molar-refractivity contribution in [3.8, 4) is 0 Å². The van der Waals surface area contributed by atoms with Gasteiger partial charge in [-0.3, -0.25) is 9.79 Å². The number of hydrogen-bond donors (Lipinski definition) is 2. The van der Waals surface area contributed by atoms with Crippen molar-refractivity contribution in [1.82, 2.24) is 4.98 Å². The summed E-state index contributed by atoms with van der Waals surface area (Å²) in [7, 11) is 0. The minimum Gasteiger partial charge on any atom is -0.385 e. The van der Waals surface area contributed by atoms with Crippen LogP contribution in [-0.4, -0.2) is 36.4 Å². The van der Waals surface area contributed by atoms with Crippen molar-refractivity contribution >= 4 is 41.2 Å². The van der Waals surface area contributed by atoms with Crippen LogP contribution >= 0.6 is 23.7 Å². The van der Waals surface area contributed by atoms with Crippen LogP contribution in [0.5, 0.6) is 0 Å². The molecule has 0 fully saturated rings. The Balaban J connectivity index is 0.00000261. The highest BCUT2D eigenvalue weighted by Crippen LogP contribution is 2.38. The Morgan fingerprint density at radius 2 is 2.19 bits per heavy atom. The number of carbonyl (C=O) groups excluding carboxylic acids is 1. The first-order chi connectivity index (χ1) is 12.3. The van der Waals surface area contributed by atoms with Crippen LogP contribution in [0.15, 0.2) is 28.6 Å². The number of alkyl halides is 2. The van der Waals surface area contributed by atoms with E-state index >= 15 is 0 Å². The zero-order chi connectivity index (χ0) is 18.9. The average molecular weight is 421 g/mol. The van der Waals surface area contributed by atoms with E-state index < -0.39 is 35.9 Å². The smallest absolute Gasteiger partial charge is 0.275 e. The van der Waals surface area contributed by atoms with Gasteiger partial charge in [0.15, 0.2) is 5.54 Å². The van der Waals surface area contributed by atoms with Gasteiger partial charge in [-0.25, -0.2) is 18.2 Å². The van der Waals surface area contributed by atoms with Crippen LogP contribution < -0.4 is 11.1 Å². The van der Waals surface area contributed by atoms with Crippen LogP contribution in [0.1, 0.15) is 21.1 Å². The number of aliphatic imine (C=N–C) groups is 1. The molecule has 2 aromatic rings. The number of thiazole rings is 1. The maximum atomic E-state index is 14.3. The van der Waals surface area contributed by atoms with Gasteiger partial charge in [0.2, 0.25) is 0 Å². The van der Waals surface area contributed by atoms with Crippen LogP contribution in [-0.2, 0) is 10.3 Å². The summed E-state index contributed by atoms with van der Waals surface area (Å²) >= 11 is 1.30. The molecule has 6 nitrogen and oxygen atoms in total. The number of halogens is 4. The van der Waals surface area contributed by atoms with E-state index in [1.54, 1.807) is 12.3 Å². The molecule has 2 heterocycles. The molecule has 1 atom stereocenters. The summed E-state index contributed by atoms with van der Waals surface area (Å²) in [6, 6.07) is 3.37. The molecule has 1 aromatic carbocycles. The lowest BCUT2D eigenvalue weighted by molar-refractivity contribution is -0.0145. The molecule has 0 radical (unpaired) electrons. The van der Waals surface area contributed by atoms with Crippen LogP contribution in [0, 0.1) is 12.7 Å².